The highest BCUT2D eigenvalue weighted by molar-refractivity contribution is 7.89. The molecular formula is C20H21ClN2O5S. The molecule has 9 heteroatoms. The van der Waals surface area contributed by atoms with Crippen LogP contribution >= 0.6 is 11.6 Å². The smallest absolute Gasteiger partial charge is 0.269 e. The van der Waals surface area contributed by atoms with Crippen molar-refractivity contribution in [3.05, 3.63) is 47.5 Å². The number of fused-ring (bicyclic) bond motifs is 1. The van der Waals surface area contributed by atoms with E-state index in [1.165, 1.54) is 16.4 Å². The van der Waals surface area contributed by atoms with E-state index in [2.05, 4.69) is 5.32 Å². The number of hydrogen-bond donors (Lipinski definition) is 1. The fraction of sp³-hybridized carbons (Fsp3) is 0.350. The van der Waals surface area contributed by atoms with Gasteiger partial charge in [0.15, 0.2) is 11.5 Å². The van der Waals surface area contributed by atoms with Crippen molar-refractivity contribution >= 4 is 33.2 Å². The van der Waals surface area contributed by atoms with Crippen LogP contribution in [0.4, 0.5) is 5.69 Å². The van der Waals surface area contributed by atoms with E-state index in [0.717, 1.165) is 19.3 Å². The van der Waals surface area contributed by atoms with E-state index in [-0.39, 0.29) is 16.5 Å². The van der Waals surface area contributed by atoms with E-state index in [0.29, 0.717) is 30.3 Å². The number of ether oxygens (including phenoxy) is 2. The number of rotatable bonds is 4. The van der Waals surface area contributed by atoms with Crippen LogP contribution in [0.2, 0.25) is 5.02 Å². The minimum atomic E-state index is -3.72. The van der Waals surface area contributed by atoms with Gasteiger partial charge in [0.1, 0.15) is 11.5 Å². The SMILES string of the molecule is O=C(Nc1ccc(Cl)c(S(=O)(=O)N2CCCCC2)c1)C1COc2ccccc2O1. The van der Waals surface area contributed by atoms with Gasteiger partial charge in [-0.15, -0.1) is 0 Å². The summed E-state index contributed by atoms with van der Waals surface area (Å²) in [5.74, 6) is 0.643. The average molecular weight is 437 g/mol. The number of piperidine rings is 1. The first-order valence-electron chi connectivity index (χ1n) is 9.44. The molecule has 154 valence electrons. The lowest BCUT2D eigenvalue weighted by Crippen LogP contribution is -2.40. The van der Waals surface area contributed by atoms with Gasteiger partial charge in [0.05, 0.1) is 5.02 Å². The number of nitrogens with zero attached hydrogens (tertiary/aromatic N) is 1. The van der Waals surface area contributed by atoms with Crippen LogP contribution in [0, 0.1) is 0 Å². The Balaban J connectivity index is 1.51. The Morgan fingerprint density at radius 2 is 1.79 bits per heavy atom. The molecule has 1 fully saturated rings. The highest BCUT2D eigenvalue weighted by Crippen LogP contribution is 2.32. The van der Waals surface area contributed by atoms with Gasteiger partial charge >= 0.3 is 0 Å². The van der Waals surface area contributed by atoms with Gasteiger partial charge in [-0.25, -0.2) is 8.42 Å². The molecule has 1 atom stereocenters. The van der Waals surface area contributed by atoms with Crippen molar-refractivity contribution < 1.29 is 22.7 Å². The minimum absolute atomic E-state index is 0.00924. The number of nitrogens with one attached hydrogen (secondary N) is 1. The molecule has 0 aliphatic carbocycles. The monoisotopic (exact) mass is 436 g/mol. The summed E-state index contributed by atoms with van der Waals surface area (Å²) in [7, 11) is -3.72. The third-order valence-electron chi connectivity index (χ3n) is 4.93. The summed E-state index contributed by atoms with van der Waals surface area (Å²) >= 11 is 6.18. The number of halogens is 1. The zero-order chi connectivity index (χ0) is 20.4. The Bertz CT molecular complexity index is 1020. The van der Waals surface area contributed by atoms with E-state index in [1.807, 2.05) is 6.07 Å². The highest BCUT2D eigenvalue weighted by Gasteiger charge is 2.30. The van der Waals surface area contributed by atoms with Gasteiger partial charge in [0.2, 0.25) is 16.1 Å². The summed E-state index contributed by atoms with van der Waals surface area (Å²) in [6, 6.07) is 11.5. The molecule has 2 heterocycles. The van der Waals surface area contributed by atoms with E-state index in [1.54, 1.807) is 24.3 Å². The first-order chi connectivity index (χ1) is 13.9. The van der Waals surface area contributed by atoms with Gasteiger partial charge in [0, 0.05) is 18.8 Å². The maximum Gasteiger partial charge on any atom is 0.269 e. The van der Waals surface area contributed by atoms with Crippen LogP contribution in [0.25, 0.3) is 0 Å². The van der Waals surface area contributed by atoms with Crippen LogP contribution in [0.3, 0.4) is 0 Å². The Kier molecular flexibility index (Phi) is 5.67. The number of carbonyl (C=O) groups excluding carboxylic acids is 1. The van der Waals surface area contributed by atoms with Crippen molar-refractivity contribution in [3.8, 4) is 11.5 Å². The zero-order valence-corrected chi connectivity index (χ0v) is 17.2. The fourth-order valence-electron chi connectivity index (χ4n) is 3.39. The number of hydrogen-bond acceptors (Lipinski definition) is 5. The quantitative estimate of drug-likeness (QED) is 0.794. The summed E-state index contributed by atoms with van der Waals surface area (Å²) in [6.07, 6.45) is 1.83. The maximum atomic E-state index is 13.0. The molecule has 2 aromatic rings. The van der Waals surface area contributed by atoms with Crippen molar-refractivity contribution in [2.75, 3.05) is 25.0 Å². The first kappa shape index (κ1) is 20.0. The van der Waals surface area contributed by atoms with Gasteiger partial charge in [-0.3, -0.25) is 4.79 Å². The third-order valence-corrected chi connectivity index (χ3v) is 7.31. The summed E-state index contributed by atoms with van der Waals surface area (Å²) in [6.45, 7) is 1.01. The molecule has 2 aliphatic heterocycles. The average Bonchev–Trinajstić information content (AvgIpc) is 2.75. The normalized spacial score (nSPS) is 19.6. The Hall–Kier alpha value is -2.29. The van der Waals surface area contributed by atoms with Gasteiger partial charge in [0.25, 0.3) is 5.91 Å². The van der Waals surface area contributed by atoms with Crippen LogP contribution in [0.15, 0.2) is 47.4 Å². The molecule has 1 unspecified atom stereocenters. The van der Waals surface area contributed by atoms with Crippen LogP contribution in [0.1, 0.15) is 19.3 Å². The molecule has 2 aromatic carbocycles. The van der Waals surface area contributed by atoms with Gasteiger partial charge in [-0.1, -0.05) is 30.2 Å². The second-order valence-corrected chi connectivity index (χ2v) is 9.28. The van der Waals surface area contributed by atoms with Crippen molar-refractivity contribution in [2.24, 2.45) is 0 Å². The molecule has 0 bridgehead atoms. The van der Waals surface area contributed by atoms with Crippen molar-refractivity contribution in [1.82, 2.24) is 4.31 Å². The maximum absolute atomic E-state index is 13.0. The topological polar surface area (TPSA) is 84.9 Å². The highest BCUT2D eigenvalue weighted by atomic mass is 35.5. The Morgan fingerprint density at radius 3 is 2.55 bits per heavy atom. The lowest BCUT2D eigenvalue weighted by atomic mass is 10.2. The number of anilines is 1. The molecule has 0 aromatic heterocycles. The largest absolute Gasteiger partial charge is 0.485 e. The van der Waals surface area contributed by atoms with E-state index >= 15 is 0 Å². The van der Waals surface area contributed by atoms with E-state index in [9.17, 15) is 13.2 Å². The van der Waals surface area contributed by atoms with Crippen LogP contribution in [-0.2, 0) is 14.8 Å². The lowest BCUT2D eigenvalue weighted by molar-refractivity contribution is -0.125. The molecule has 0 spiro atoms. The molecule has 7 nitrogen and oxygen atoms in total. The zero-order valence-electron chi connectivity index (χ0n) is 15.6. The third kappa shape index (κ3) is 4.19. The predicted molar refractivity (Wildman–Crippen MR) is 109 cm³/mol. The fourth-order valence-corrected chi connectivity index (χ4v) is 5.41. The molecule has 1 N–H and O–H groups in total. The number of carbonyl (C=O) groups is 1. The second kappa shape index (κ2) is 8.22. The van der Waals surface area contributed by atoms with E-state index < -0.39 is 22.0 Å². The number of amides is 1. The summed E-state index contributed by atoms with van der Waals surface area (Å²) in [5.41, 5.74) is 0.331. The number of para-hydroxylation sites is 2. The molecular weight excluding hydrogens is 416 g/mol. The number of benzene rings is 2. The number of sulfonamides is 1. The van der Waals surface area contributed by atoms with Crippen molar-refractivity contribution in [2.45, 2.75) is 30.3 Å². The summed E-state index contributed by atoms with van der Waals surface area (Å²) < 4.78 is 38.6. The minimum Gasteiger partial charge on any atom is -0.485 e. The second-order valence-electron chi connectivity index (χ2n) is 6.96. The molecule has 0 radical (unpaired) electrons. The molecule has 1 amide bonds. The van der Waals surface area contributed by atoms with Gasteiger partial charge in [-0.05, 0) is 43.2 Å². The first-order valence-corrected chi connectivity index (χ1v) is 11.3. The van der Waals surface area contributed by atoms with E-state index in [4.69, 9.17) is 21.1 Å². The molecule has 2 aliphatic rings. The van der Waals surface area contributed by atoms with Crippen LogP contribution in [-0.4, -0.2) is 44.4 Å². The Labute approximate surface area is 174 Å². The molecule has 0 saturated carbocycles. The molecule has 29 heavy (non-hydrogen) atoms. The van der Waals surface area contributed by atoms with Gasteiger partial charge in [-0.2, -0.15) is 4.31 Å². The molecule has 4 rings (SSSR count). The summed E-state index contributed by atoms with van der Waals surface area (Å²) in [5, 5.41) is 2.82. The van der Waals surface area contributed by atoms with Crippen LogP contribution < -0.4 is 14.8 Å². The predicted octanol–water partition coefficient (Wildman–Crippen LogP) is 3.29. The summed E-state index contributed by atoms with van der Waals surface area (Å²) in [4.78, 5) is 12.6. The van der Waals surface area contributed by atoms with Crippen LogP contribution in [0.5, 0.6) is 11.5 Å². The lowest BCUT2D eigenvalue weighted by Gasteiger charge is -2.27. The van der Waals surface area contributed by atoms with Gasteiger partial charge < -0.3 is 14.8 Å². The standard InChI is InChI=1S/C20H21ClN2O5S/c21-15-9-8-14(12-19(15)29(25,26)23-10-4-1-5-11-23)22-20(24)18-13-27-16-6-2-3-7-17(16)28-18/h2-3,6-9,12,18H,1,4-5,10-11,13H2,(H,22,24). The van der Waals surface area contributed by atoms with Crippen molar-refractivity contribution in [1.29, 1.82) is 0 Å². The van der Waals surface area contributed by atoms with Crippen molar-refractivity contribution in [3.63, 3.8) is 0 Å². The molecule has 1 saturated heterocycles. The Morgan fingerprint density at radius 1 is 1.07 bits per heavy atom.